The Labute approximate surface area is 105 Å². The highest BCUT2D eigenvalue weighted by atomic mass is 16.5. The number of nitrogens with one attached hydrogen (secondary N) is 1. The lowest BCUT2D eigenvalue weighted by Gasteiger charge is -2.42. The minimum atomic E-state index is -0.134. The van der Waals surface area contributed by atoms with Crippen LogP contribution in [0.4, 0.5) is 0 Å². The lowest BCUT2D eigenvalue weighted by atomic mass is 9.82. The SMILES string of the molecule is CCN(CC)CCNC1(CO)CCOCC1C. The average Bonchev–Trinajstić information content (AvgIpc) is 2.37. The van der Waals surface area contributed by atoms with E-state index in [4.69, 9.17) is 4.74 Å². The third kappa shape index (κ3) is 3.91. The first kappa shape index (κ1) is 14.9. The first-order valence-corrected chi connectivity index (χ1v) is 6.84. The molecule has 0 aromatic carbocycles. The van der Waals surface area contributed by atoms with E-state index in [1.807, 2.05) is 0 Å². The van der Waals surface area contributed by atoms with Gasteiger partial charge in [-0.1, -0.05) is 20.8 Å². The highest BCUT2D eigenvalue weighted by molar-refractivity contribution is 4.94. The number of hydrogen-bond acceptors (Lipinski definition) is 4. The molecule has 1 rings (SSSR count). The van der Waals surface area contributed by atoms with Crippen LogP contribution in [0.5, 0.6) is 0 Å². The second-order valence-corrected chi connectivity index (χ2v) is 4.99. The largest absolute Gasteiger partial charge is 0.394 e. The molecule has 0 aliphatic carbocycles. The molecular weight excluding hydrogens is 216 g/mol. The summed E-state index contributed by atoms with van der Waals surface area (Å²) in [5.74, 6) is 0.373. The van der Waals surface area contributed by atoms with Crippen LogP contribution in [0.15, 0.2) is 0 Å². The molecule has 0 radical (unpaired) electrons. The Morgan fingerprint density at radius 1 is 1.41 bits per heavy atom. The maximum absolute atomic E-state index is 9.66. The van der Waals surface area contributed by atoms with Crippen LogP contribution in [-0.2, 0) is 4.74 Å². The van der Waals surface area contributed by atoms with Crippen molar-refractivity contribution in [2.45, 2.75) is 32.7 Å². The number of rotatable bonds is 7. The number of aliphatic hydroxyl groups is 1. The van der Waals surface area contributed by atoms with Gasteiger partial charge in [0.15, 0.2) is 0 Å². The van der Waals surface area contributed by atoms with Crippen molar-refractivity contribution < 1.29 is 9.84 Å². The Morgan fingerprint density at radius 3 is 2.65 bits per heavy atom. The highest BCUT2D eigenvalue weighted by Crippen LogP contribution is 2.25. The molecule has 0 aromatic rings. The molecule has 4 nitrogen and oxygen atoms in total. The second kappa shape index (κ2) is 7.31. The Balaban J connectivity index is 2.40. The predicted octanol–water partition coefficient (Wildman–Crippen LogP) is 0.705. The van der Waals surface area contributed by atoms with Crippen molar-refractivity contribution in [3.05, 3.63) is 0 Å². The number of nitrogens with zero attached hydrogens (tertiary/aromatic N) is 1. The molecule has 1 heterocycles. The van der Waals surface area contributed by atoms with Gasteiger partial charge in [-0.05, 0) is 25.4 Å². The fourth-order valence-corrected chi connectivity index (χ4v) is 2.48. The van der Waals surface area contributed by atoms with Gasteiger partial charge in [-0.25, -0.2) is 0 Å². The van der Waals surface area contributed by atoms with Crippen LogP contribution in [0.2, 0.25) is 0 Å². The van der Waals surface area contributed by atoms with E-state index in [0.29, 0.717) is 5.92 Å². The van der Waals surface area contributed by atoms with Gasteiger partial charge in [-0.15, -0.1) is 0 Å². The standard InChI is InChI=1S/C13H28N2O2/c1-4-15(5-2)8-7-14-13(11-16)6-9-17-10-12(13)3/h12,14,16H,4-11H2,1-3H3. The molecule has 0 spiro atoms. The van der Waals surface area contributed by atoms with Crippen LogP contribution in [0, 0.1) is 5.92 Å². The molecule has 0 amide bonds. The summed E-state index contributed by atoms with van der Waals surface area (Å²) in [6, 6.07) is 0. The number of likely N-dealkylation sites (N-methyl/N-ethyl adjacent to an activating group) is 1. The van der Waals surface area contributed by atoms with E-state index >= 15 is 0 Å². The van der Waals surface area contributed by atoms with Gasteiger partial charge < -0.3 is 20.1 Å². The van der Waals surface area contributed by atoms with Gasteiger partial charge in [0, 0.05) is 25.2 Å². The summed E-state index contributed by atoms with van der Waals surface area (Å²) < 4.78 is 5.45. The lowest BCUT2D eigenvalue weighted by molar-refractivity contribution is -0.0309. The Bertz CT molecular complexity index is 210. The first-order valence-electron chi connectivity index (χ1n) is 6.84. The molecule has 1 fully saturated rings. The molecule has 0 saturated carbocycles. The molecule has 1 saturated heterocycles. The predicted molar refractivity (Wildman–Crippen MR) is 70.2 cm³/mol. The molecule has 4 heteroatoms. The van der Waals surface area contributed by atoms with Crippen molar-refractivity contribution in [3.8, 4) is 0 Å². The zero-order valence-electron chi connectivity index (χ0n) is 11.5. The molecule has 2 unspecified atom stereocenters. The Hall–Kier alpha value is -0.160. The number of ether oxygens (including phenoxy) is 1. The molecular formula is C13H28N2O2. The monoisotopic (exact) mass is 244 g/mol. The molecule has 0 aromatic heterocycles. The van der Waals surface area contributed by atoms with Crippen molar-refractivity contribution in [2.75, 3.05) is 46.0 Å². The fourth-order valence-electron chi connectivity index (χ4n) is 2.48. The molecule has 17 heavy (non-hydrogen) atoms. The molecule has 1 aliphatic heterocycles. The van der Waals surface area contributed by atoms with Crippen LogP contribution >= 0.6 is 0 Å². The average molecular weight is 244 g/mol. The van der Waals surface area contributed by atoms with Crippen molar-refractivity contribution >= 4 is 0 Å². The van der Waals surface area contributed by atoms with E-state index in [1.54, 1.807) is 0 Å². The van der Waals surface area contributed by atoms with Gasteiger partial charge in [-0.2, -0.15) is 0 Å². The molecule has 0 bridgehead atoms. The smallest absolute Gasteiger partial charge is 0.0617 e. The third-order valence-electron chi connectivity index (χ3n) is 4.09. The summed E-state index contributed by atoms with van der Waals surface area (Å²) in [4.78, 5) is 2.39. The van der Waals surface area contributed by atoms with Gasteiger partial charge in [0.25, 0.3) is 0 Å². The fraction of sp³-hybridized carbons (Fsp3) is 1.00. The van der Waals surface area contributed by atoms with Gasteiger partial charge in [0.1, 0.15) is 0 Å². The van der Waals surface area contributed by atoms with E-state index in [0.717, 1.165) is 45.8 Å². The Morgan fingerprint density at radius 2 is 2.12 bits per heavy atom. The van der Waals surface area contributed by atoms with E-state index in [2.05, 4.69) is 31.0 Å². The number of hydrogen-bond donors (Lipinski definition) is 2. The van der Waals surface area contributed by atoms with Crippen LogP contribution < -0.4 is 5.32 Å². The highest BCUT2D eigenvalue weighted by Gasteiger charge is 2.37. The number of aliphatic hydroxyl groups excluding tert-OH is 1. The van der Waals surface area contributed by atoms with Gasteiger partial charge in [0.2, 0.25) is 0 Å². The van der Waals surface area contributed by atoms with Gasteiger partial charge in [0.05, 0.1) is 13.2 Å². The van der Waals surface area contributed by atoms with Crippen LogP contribution in [0.25, 0.3) is 0 Å². The van der Waals surface area contributed by atoms with Crippen molar-refractivity contribution in [2.24, 2.45) is 5.92 Å². The molecule has 2 N–H and O–H groups in total. The van der Waals surface area contributed by atoms with E-state index in [1.165, 1.54) is 0 Å². The normalized spacial score (nSPS) is 29.8. The van der Waals surface area contributed by atoms with E-state index < -0.39 is 0 Å². The molecule has 2 atom stereocenters. The molecule has 102 valence electrons. The lowest BCUT2D eigenvalue weighted by Crippen LogP contribution is -2.58. The van der Waals surface area contributed by atoms with Crippen LogP contribution in [-0.4, -0.2) is 61.5 Å². The maximum atomic E-state index is 9.66. The van der Waals surface area contributed by atoms with E-state index in [9.17, 15) is 5.11 Å². The summed E-state index contributed by atoms with van der Waals surface area (Å²) in [6.07, 6.45) is 0.906. The maximum Gasteiger partial charge on any atom is 0.0617 e. The zero-order chi connectivity index (χ0) is 12.7. The topological polar surface area (TPSA) is 44.7 Å². The van der Waals surface area contributed by atoms with Crippen molar-refractivity contribution in [1.29, 1.82) is 0 Å². The summed E-state index contributed by atoms with van der Waals surface area (Å²) in [5, 5.41) is 13.2. The summed E-state index contributed by atoms with van der Waals surface area (Å²) >= 11 is 0. The van der Waals surface area contributed by atoms with Crippen molar-refractivity contribution in [1.82, 2.24) is 10.2 Å². The van der Waals surface area contributed by atoms with Gasteiger partial charge in [-0.3, -0.25) is 0 Å². The minimum Gasteiger partial charge on any atom is -0.394 e. The second-order valence-electron chi connectivity index (χ2n) is 4.99. The zero-order valence-corrected chi connectivity index (χ0v) is 11.5. The summed E-state index contributed by atoms with van der Waals surface area (Å²) in [5.41, 5.74) is -0.134. The first-order chi connectivity index (χ1) is 8.18. The molecule has 1 aliphatic rings. The minimum absolute atomic E-state index is 0.134. The Kier molecular flexibility index (Phi) is 6.41. The quantitative estimate of drug-likeness (QED) is 0.692. The van der Waals surface area contributed by atoms with Crippen LogP contribution in [0.3, 0.4) is 0 Å². The summed E-state index contributed by atoms with van der Waals surface area (Å²) in [7, 11) is 0. The third-order valence-corrected chi connectivity index (χ3v) is 4.09. The van der Waals surface area contributed by atoms with Crippen LogP contribution in [0.1, 0.15) is 27.2 Å². The van der Waals surface area contributed by atoms with Crippen molar-refractivity contribution in [3.63, 3.8) is 0 Å². The summed E-state index contributed by atoms with van der Waals surface area (Å²) in [6.45, 7) is 12.4. The van der Waals surface area contributed by atoms with Gasteiger partial charge >= 0.3 is 0 Å². The van der Waals surface area contributed by atoms with E-state index in [-0.39, 0.29) is 12.1 Å².